The number of nitrogens with one attached hydrogen (secondary N) is 1. The van der Waals surface area contributed by atoms with Gasteiger partial charge in [-0.05, 0) is 24.5 Å². The molecule has 0 fully saturated rings. The van der Waals surface area contributed by atoms with Crippen molar-refractivity contribution < 1.29 is 8.42 Å². The number of sulfone groups is 1. The van der Waals surface area contributed by atoms with Crippen LogP contribution in [0.25, 0.3) is 0 Å². The Hall–Kier alpha value is -2.01. The van der Waals surface area contributed by atoms with E-state index < -0.39 is 15.1 Å². The molecule has 1 unspecified atom stereocenters. The fourth-order valence-corrected chi connectivity index (χ4v) is 4.52. The van der Waals surface area contributed by atoms with Crippen molar-refractivity contribution in [3.63, 3.8) is 0 Å². The first kappa shape index (κ1) is 13.0. The molecule has 3 rings (SSSR count). The first-order chi connectivity index (χ1) is 9.51. The molecular weight excluding hydrogens is 272 g/mol. The van der Waals surface area contributed by atoms with Gasteiger partial charge in [-0.2, -0.15) is 0 Å². The molecule has 102 valence electrons. The second-order valence-corrected chi connectivity index (χ2v) is 7.07. The Bertz CT molecular complexity index is 783. The summed E-state index contributed by atoms with van der Waals surface area (Å²) in [6, 6.07) is 9.41. The van der Waals surface area contributed by atoms with Gasteiger partial charge in [0, 0.05) is 18.0 Å². The van der Waals surface area contributed by atoms with Crippen LogP contribution in [-0.2, 0) is 16.3 Å². The van der Waals surface area contributed by atoms with Crippen LogP contribution in [0.2, 0.25) is 0 Å². The molecular formula is C15H14N2O2S. The highest BCUT2D eigenvalue weighted by molar-refractivity contribution is 7.93. The van der Waals surface area contributed by atoms with E-state index in [2.05, 4.69) is 4.98 Å². The lowest BCUT2D eigenvalue weighted by molar-refractivity contribution is 0.592. The number of nitrogens with zero attached hydrogens (tertiary/aromatic N) is 1. The zero-order valence-electron chi connectivity index (χ0n) is 11.0. The predicted molar refractivity (Wildman–Crippen MR) is 76.9 cm³/mol. The molecule has 0 bridgehead atoms. The standard InChI is InChI=1S/C15H14N2O2S/c1-10-8-17-9-13-14(10)15(16)12(20(13,18)19)7-11-5-3-2-4-6-11/h2-6,8-9,12,16H,7H2,1H3. The van der Waals surface area contributed by atoms with Gasteiger partial charge in [-0.1, -0.05) is 30.3 Å². The Morgan fingerprint density at radius 3 is 2.55 bits per heavy atom. The van der Waals surface area contributed by atoms with E-state index in [0.29, 0.717) is 12.0 Å². The van der Waals surface area contributed by atoms with Crippen LogP contribution in [0.1, 0.15) is 16.7 Å². The largest absolute Gasteiger partial charge is 0.303 e. The van der Waals surface area contributed by atoms with E-state index >= 15 is 0 Å². The summed E-state index contributed by atoms with van der Waals surface area (Å²) in [6.07, 6.45) is 3.29. The van der Waals surface area contributed by atoms with Gasteiger partial charge in [0.2, 0.25) is 0 Å². The summed E-state index contributed by atoms with van der Waals surface area (Å²) in [5.41, 5.74) is 2.38. The summed E-state index contributed by atoms with van der Waals surface area (Å²) < 4.78 is 25.1. The average Bonchev–Trinajstić information content (AvgIpc) is 2.62. The Morgan fingerprint density at radius 1 is 1.20 bits per heavy atom. The highest BCUT2D eigenvalue weighted by atomic mass is 32.2. The zero-order chi connectivity index (χ0) is 14.3. The molecule has 2 heterocycles. The van der Waals surface area contributed by atoms with Gasteiger partial charge in [0.1, 0.15) is 5.25 Å². The lowest BCUT2D eigenvalue weighted by Gasteiger charge is -2.09. The molecule has 1 aromatic heterocycles. The summed E-state index contributed by atoms with van der Waals surface area (Å²) in [5, 5.41) is 7.42. The summed E-state index contributed by atoms with van der Waals surface area (Å²) >= 11 is 0. The number of hydrogen-bond donors (Lipinski definition) is 1. The quantitative estimate of drug-likeness (QED) is 0.919. The van der Waals surface area contributed by atoms with E-state index in [-0.39, 0.29) is 10.6 Å². The van der Waals surface area contributed by atoms with E-state index in [1.807, 2.05) is 30.3 Å². The molecule has 0 amide bonds. The molecule has 0 saturated carbocycles. The Labute approximate surface area is 117 Å². The molecule has 1 aromatic carbocycles. The molecule has 0 radical (unpaired) electrons. The maximum absolute atomic E-state index is 12.6. The van der Waals surface area contributed by atoms with Crippen LogP contribution in [0, 0.1) is 12.3 Å². The van der Waals surface area contributed by atoms with Crippen molar-refractivity contribution >= 4 is 15.5 Å². The average molecular weight is 286 g/mol. The van der Waals surface area contributed by atoms with Gasteiger partial charge in [0.25, 0.3) is 0 Å². The second kappa shape index (κ2) is 4.52. The fraction of sp³-hybridized carbons (Fsp3) is 0.200. The maximum Gasteiger partial charge on any atom is 0.189 e. The van der Waals surface area contributed by atoms with E-state index in [9.17, 15) is 8.42 Å². The van der Waals surface area contributed by atoms with Crippen LogP contribution < -0.4 is 0 Å². The van der Waals surface area contributed by atoms with Gasteiger partial charge < -0.3 is 5.41 Å². The molecule has 1 N–H and O–H groups in total. The maximum atomic E-state index is 12.6. The third kappa shape index (κ3) is 1.86. The molecule has 4 nitrogen and oxygen atoms in total. The molecule has 0 aliphatic carbocycles. The van der Waals surface area contributed by atoms with Crippen LogP contribution in [0.15, 0.2) is 47.6 Å². The van der Waals surface area contributed by atoms with Crippen LogP contribution >= 0.6 is 0 Å². The first-order valence-corrected chi connectivity index (χ1v) is 7.87. The normalized spacial score (nSPS) is 19.9. The summed E-state index contributed by atoms with van der Waals surface area (Å²) in [6.45, 7) is 1.79. The van der Waals surface area contributed by atoms with E-state index in [1.54, 1.807) is 13.1 Å². The molecule has 1 aliphatic heterocycles. The molecule has 1 aliphatic rings. The van der Waals surface area contributed by atoms with Crippen LogP contribution in [0.3, 0.4) is 0 Å². The number of aromatic nitrogens is 1. The number of fused-ring (bicyclic) bond motifs is 1. The van der Waals surface area contributed by atoms with E-state index in [0.717, 1.165) is 11.1 Å². The van der Waals surface area contributed by atoms with Gasteiger partial charge in [0.05, 0.1) is 10.6 Å². The molecule has 2 aromatic rings. The second-order valence-electron chi connectivity index (χ2n) is 4.97. The number of pyridine rings is 1. The summed E-state index contributed by atoms with van der Waals surface area (Å²) in [4.78, 5) is 4.15. The molecule has 5 heteroatoms. The van der Waals surface area contributed by atoms with E-state index in [1.165, 1.54) is 6.20 Å². The summed E-state index contributed by atoms with van der Waals surface area (Å²) in [7, 11) is -3.50. The molecule has 1 atom stereocenters. The van der Waals surface area contributed by atoms with Gasteiger partial charge in [-0.3, -0.25) is 4.98 Å². The van der Waals surface area contributed by atoms with Crippen molar-refractivity contribution in [3.8, 4) is 0 Å². The Balaban J connectivity index is 2.08. The van der Waals surface area contributed by atoms with Gasteiger partial charge >= 0.3 is 0 Å². The van der Waals surface area contributed by atoms with Crippen molar-refractivity contribution in [2.45, 2.75) is 23.5 Å². The van der Waals surface area contributed by atoms with E-state index in [4.69, 9.17) is 5.41 Å². The van der Waals surface area contributed by atoms with Crippen molar-refractivity contribution in [2.24, 2.45) is 0 Å². The number of benzene rings is 1. The molecule has 0 spiro atoms. The van der Waals surface area contributed by atoms with Crippen molar-refractivity contribution in [2.75, 3.05) is 0 Å². The number of rotatable bonds is 2. The van der Waals surface area contributed by atoms with Gasteiger partial charge in [-0.15, -0.1) is 0 Å². The summed E-state index contributed by atoms with van der Waals surface area (Å²) in [5.74, 6) is 0. The first-order valence-electron chi connectivity index (χ1n) is 6.33. The number of hydrogen-bond acceptors (Lipinski definition) is 4. The lowest BCUT2D eigenvalue weighted by atomic mass is 10.00. The Morgan fingerprint density at radius 2 is 1.90 bits per heavy atom. The van der Waals surface area contributed by atoms with Crippen LogP contribution in [-0.4, -0.2) is 24.4 Å². The zero-order valence-corrected chi connectivity index (χ0v) is 11.8. The van der Waals surface area contributed by atoms with Crippen molar-refractivity contribution in [1.82, 2.24) is 4.98 Å². The van der Waals surface area contributed by atoms with Gasteiger partial charge in [0.15, 0.2) is 9.84 Å². The van der Waals surface area contributed by atoms with Crippen LogP contribution in [0.4, 0.5) is 0 Å². The molecule has 20 heavy (non-hydrogen) atoms. The van der Waals surface area contributed by atoms with Gasteiger partial charge in [-0.25, -0.2) is 8.42 Å². The third-order valence-corrected chi connectivity index (χ3v) is 5.71. The minimum atomic E-state index is -3.50. The topological polar surface area (TPSA) is 70.9 Å². The minimum absolute atomic E-state index is 0.184. The van der Waals surface area contributed by atoms with Crippen molar-refractivity contribution in [1.29, 1.82) is 5.41 Å². The highest BCUT2D eigenvalue weighted by Crippen LogP contribution is 2.34. The monoisotopic (exact) mass is 286 g/mol. The SMILES string of the molecule is Cc1cncc2c1C(=N)C(Cc1ccccc1)S2(=O)=O. The molecule has 0 saturated heterocycles. The number of aryl methyl sites for hydroxylation is 1. The lowest BCUT2D eigenvalue weighted by Crippen LogP contribution is -2.25. The van der Waals surface area contributed by atoms with Crippen LogP contribution in [0.5, 0.6) is 0 Å². The van der Waals surface area contributed by atoms with Crippen molar-refractivity contribution in [3.05, 3.63) is 59.4 Å². The third-order valence-electron chi connectivity index (χ3n) is 3.64. The fourth-order valence-electron chi connectivity index (χ4n) is 2.61. The Kier molecular flexibility index (Phi) is 2.94. The highest BCUT2D eigenvalue weighted by Gasteiger charge is 2.42. The smallest absolute Gasteiger partial charge is 0.189 e. The predicted octanol–water partition coefficient (Wildman–Crippen LogP) is 2.16. The minimum Gasteiger partial charge on any atom is -0.303 e.